The van der Waals surface area contributed by atoms with Gasteiger partial charge in [0.1, 0.15) is 12.6 Å². The minimum Gasteiger partial charge on any atom is -0.358 e. The van der Waals surface area contributed by atoms with E-state index in [-0.39, 0.29) is 35.8 Å². The molecule has 8 nitrogen and oxygen atoms in total. The molecule has 0 saturated carbocycles. The zero-order chi connectivity index (χ0) is 23.8. The highest BCUT2D eigenvalue weighted by Crippen LogP contribution is 2.40. The minimum absolute atomic E-state index is 0.0796. The van der Waals surface area contributed by atoms with Crippen LogP contribution >= 0.6 is 11.6 Å². The Morgan fingerprint density at radius 2 is 1.91 bits per heavy atom. The highest BCUT2D eigenvalue weighted by molar-refractivity contribution is 7.89. The summed E-state index contributed by atoms with van der Waals surface area (Å²) in [5.74, 6) is -0.533. The SMILES string of the molecule is CN(C)S(=O)(=O)c1ccc2c(c1)N(CC(=O)NCc1ccccc1Cl)C(=O)[C@H]1CCCCN21. The van der Waals surface area contributed by atoms with Crippen LogP contribution < -0.4 is 15.1 Å². The lowest BCUT2D eigenvalue weighted by atomic mass is 9.96. The summed E-state index contributed by atoms with van der Waals surface area (Å²) in [5.41, 5.74) is 1.99. The first-order valence-corrected chi connectivity index (χ1v) is 12.7. The van der Waals surface area contributed by atoms with Crippen LogP contribution in [-0.2, 0) is 26.2 Å². The molecule has 2 heterocycles. The van der Waals surface area contributed by atoms with Crippen LogP contribution in [0.15, 0.2) is 47.4 Å². The van der Waals surface area contributed by atoms with Gasteiger partial charge in [0.15, 0.2) is 0 Å². The average Bonchev–Trinajstić information content (AvgIpc) is 2.80. The highest BCUT2D eigenvalue weighted by Gasteiger charge is 2.40. The lowest BCUT2D eigenvalue weighted by molar-refractivity contribution is -0.125. The smallest absolute Gasteiger partial charge is 0.250 e. The molecule has 2 aliphatic heterocycles. The van der Waals surface area contributed by atoms with E-state index in [0.29, 0.717) is 17.1 Å². The molecule has 0 radical (unpaired) electrons. The van der Waals surface area contributed by atoms with Crippen LogP contribution in [0.2, 0.25) is 5.02 Å². The van der Waals surface area contributed by atoms with Crippen LogP contribution in [0.3, 0.4) is 0 Å². The second kappa shape index (κ2) is 9.32. The number of carbonyl (C=O) groups is 2. The molecule has 1 atom stereocenters. The molecule has 1 saturated heterocycles. The van der Waals surface area contributed by atoms with Gasteiger partial charge in [-0.05, 0) is 49.1 Å². The molecule has 0 unspecified atom stereocenters. The van der Waals surface area contributed by atoms with Crippen molar-refractivity contribution in [2.24, 2.45) is 0 Å². The van der Waals surface area contributed by atoms with Crippen LogP contribution in [0, 0.1) is 0 Å². The van der Waals surface area contributed by atoms with E-state index in [1.807, 2.05) is 23.1 Å². The molecule has 2 aromatic rings. The summed E-state index contributed by atoms with van der Waals surface area (Å²) in [6.45, 7) is 0.750. The Bertz CT molecular complexity index is 1180. The molecule has 176 valence electrons. The molecule has 2 aliphatic rings. The molecule has 10 heteroatoms. The number of halogens is 1. The molecule has 2 aromatic carbocycles. The number of hydrogen-bond acceptors (Lipinski definition) is 5. The Balaban J connectivity index is 1.64. The first-order valence-electron chi connectivity index (χ1n) is 10.8. The van der Waals surface area contributed by atoms with Gasteiger partial charge in [-0.25, -0.2) is 12.7 Å². The third-order valence-corrected chi connectivity index (χ3v) is 8.29. The van der Waals surface area contributed by atoms with Gasteiger partial charge in [-0.1, -0.05) is 29.8 Å². The van der Waals surface area contributed by atoms with Gasteiger partial charge >= 0.3 is 0 Å². The van der Waals surface area contributed by atoms with Crippen molar-refractivity contribution in [3.63, 3.8) is 0 Å². The quantitative estimate of drug-likeness (QED) is 0.672. The van der Waals surface area contributed by atoms with E-state index >= 15 is 0 Å². The van der Waals surface area contributed by atoms with Gasteiger partial charge in [0.05, 0.1) is 16.3 Å². The maximum absolute atomic E-state index is 13.4. The van der Waals surface area contributed by atoms with Gasteiger partial charge in [-0.3, -0.25) is 14.5 Å². The molecule has 0 spiro atoms. The molecule has 0 aliphatic carbocycles. The normalized spacial score (nSPS) is 18.2. The second-order valence-electron chi connectivity index (χ2n) is 8.44. The number of anilines is 2. The number of nitrogens with one attached hydrogen (secondary N) is 1. The lowest BCUT2D eigenvalue weighted by Gasteiger charge is -2.45. The number of hydrogen-bond donors (Lipinski definition) is 1. The molecule has 0 bridgehead atoms. The van der Waals surface area contributed by atoms with E-state index in [2.05, 4.69) is 5.32 Å². The molecule has 33 heavy (non-hydrogen) atoms. The number of piperidine rings is 1. The summed E-state index contributed by atoms with van der Waals surface area (Å²) >= 11 is 6.17. The highest BCUT2D eigenvalue weighted by atomic mass is 35.5. The van der Waals surface area contributed by atoms with Gasteiger partial charge in [0, 0.05) is 32.2 Å². The zero-order valence-corrected chi connectivity index (χ0v) is 20.2. The molecule has 4 rings (SSSR count). The van der Waals surface area contributed by atoms with E-state index in [4.69, 9.17) is 11.6 Å². The number of nitrogens with zero attached hydrogens (tertiary/aromatic N) is 3. The van der Waals surface area contributed by atoms with Gasteiger partial charge < -0.3 is 10.2 Å². The first-order chi connectivity index (χ1) is 15.7. The molecule has 1 N–H and O–H groups in total. The van der Waals surface area contributed by atoms with Gasteiger partial charge in [0.25, 0.3) is 0 Å². The van der Waals surface area contributed by atoms with Crippen LogP contribution in [0.4, 0.5) is 11.4 Å². The first kappa shape index (κ1) is 23.5. The monoisotopic (exact) mass is 490 g/mol. The maximum Gasteiger partial charge on any atom is 0.250 e. The van der Waals surface area contributed by atoms with Crippen molar-refractivity contribution in [3.05, 3.63) is 53.1 Å². The van der Waals surface area contributed by atoms with E-state index in [1.165, 1.54) is 25.1 Å². The zero-order valence-electron chi connectivity index (χ0n) is 18.6. The van der Waals surface area contributed by atoms with Crippen molar-refractivity contribution in [2.45, 2.75) is 36.7 Å². The molecule has 2 amide bonds. The third kappa shape index (κ3) is 4.58. The number of benzene rings is 2. The number of sulfonamides is 1. The number of rotatable bonds is 6. The Morgan fingerprint density at radius 1 is 1.15 bits per heavy atom. The van der Waals surface area contributed by atoms with Crippen molar-refractivity contribution >= 4 is 44.8 Å². The predicted molar refractivity (Wildman–Crippen MR) is 128 cm³/mol. The van der Waals surface area contributed by atoms with Crippen molar-refractivity contribution < 1.29 is 18.0 Å². The minimum atomic E-state index is -3.70. The van der Waals surface area contributed by atoms with Gasteiger partial charge in [-0.2, -0.15) is 0 Å². The lowest BCUT2D eigenvalue weighted by Crippen LogP contribution is -2.57. The third-order valence-electron chi connectivity index (χ3n) is 6.12. The molecule has 1 fully saturated rings. The summed E-state index contributed by atoms with van der Waals surface area (Å²) in [7, 11) is -0.781. The predicted octanol–water partition coefficient (Wildman–Crippen LogP) is 2.61. The van der Waals surface area contributed by atoms with E-state index in [9.17, 15) is 18.0 Å². The Hall–Kier alpha value is -2.62. The Morgan fingerprint density at radius 3 is 2.64 bits per heavy atom. The van der Waals surface area contributed by atoms with Crippen LogP contribution in [-0.4, -0.2) is 57.8 Å². The Labute approximate surface area is 199 Å². The van der Waals surface area contributed by atoms with Crippen LogP contribution in [0.1, 0.15) is 24.8 Å². The summed E-state index contributed by atoms with van der Waals surface area (Å²) < 4.78 is 26.6. The number of amides is 2. The van der Waals surface area contributed by atoms with E-state index in [1.54, 1.807) is 18.2 Å². The molecular formula is C23H27ClN4O4S. The van der Waals surface area contributed by atoms with Crippen LogP contribution in [0.25, 0.3) is 0 Å². The van der Waals surface area contributed by atoms with Crippen molar-refractivity contribution in [1.29, 1.82) is 0 Å². The fourth-order valence-electron chi connectivity index (χ4n) is 4.31. The van der Waals surface area contributed by atoms with Crippen LogP contribution in [0.5, 0.6) is 0 Å². The largest absolute Gasteiger partial charge is 0.358 e. The van der Waals surface area contributed by atoms with E-state index in [0.717, 1.165) is 34.9 Å². The summed E-state index contributed by atoms with van der Waals surface area (Å²) in [5, 5.41) is 3.37. The standard InChI is InChI=1S/C23H27ClN4O4S/c1-26(2)33(31,32)17-10-11-19-21(13-17)28(23(30)20-9-5-6-12-27(19)20)15-22(29)25-14-16-7-3-4-8-18(16)24/h3-4,7-8,10-11,13,20H,5-6,9,12,14-15H2,1-2H3,(H,25,29)/t20-/m1/s1. The average molecular weight is 491 g/mol. The fourth-order valence-corrected chi connectivity index (χ4v) is 5.43. The maximum atomic E-state index is 13.4. The summed E-state index contributed by atoms with van der Waals surface area (Å²) in [6, 6.07) is 11.7. The summed E-state index contributed by atoms with van der Waals surface area (Å²) in [6.07, 6.45) is 2.59. The van der Waals surface area contributed by atoms with E-state index < -0.39 is 10.0 Å². The topological polar surface area (TPSA) is 90.0 Å². The van der Waals surface area contributed by atoms with Crippen molar-refractivity contribution in [2.75, 3.05) is 37.0 Å². The molecular weight excluding hydrogens is 464 g/mol. The van der Waals surface area contributed by atoms with Gasteiger partial charge in [0.2, 0.25) is 21.8 Å². The van der Waals surface area contributed by atoms with Crippen molar-refractivity contribution in [3.8, 4) is 0 Å². The molecule has 0 aromatic heterocycles. The van der Waals surface area contributed by atoms with Crippen molar-refractivity contribution in [1.82, 2.24) is 9.62 Å². The fraction of sp³-hybridized carbons (Fsp3) is 0.391. The number of fused-ring (bicyclic) bond motifs is 3. The number of carbonyl (C=O) groups excluding carboxylic acids is 2. The Kier molecular flexibility index (Phi) is 6.65. The summed E-state index contributed by atoms with van der Waals surface area (Å²) in [4.78, 5) is 29.7. The second-order valence-corrected chi connectivity index (χ2v) is 11.0. The van der Waals surface area contributed by atoms with Gasteiger partial charge in [-0.15, -0.1) is 0 Å².